The summed E-state index contributed by atoms with van der Waals surface area (Å²) in [6.45, 7) is 12.0. The van der Waals surface area contributed by atoms with Crippen molar-refractivity contribution in [2.45, 2.75) is 110 Å². The van der Waals surface area contributed by atoms with E-state index in [0.717, 1.165) is 25.7 Å². The first-order chi connectivity index (χ1) is 18.0. The standard InChI is InChI=1S/C33H54O5/c1-22(23(15-18-34)9-7-8-16-31(2,3)38-21-37-6)27-12-13-28-26-11-10-24-19-25(35)20-30(36)33(24,5)29(26)14-17-32(27,28)4/h7,9-11,22-23,25,27-30,34-36H,8,12-21H2,1-6H3/b9-7+/t22-,23-,25+,27+,28-,29-,30-,32+,33-/m0/s1. The molecule has 0 bridgehead atoms. The second kappa shape index (κ2) is 11.9. The summed E-state index contributed by atoms with van der Waals surface area (Å²) in [5, 5.41) is 31.4. The molecule has 3 N–H and O–H groups in total. The van der Waals surface area contributed by atoms with Gasteiger partial charge >= 0.3 is 0 Å². The van der Waals surface area contributed by atoms with Crippen LogP contribution in [0.5, 0.6) is 0 Å². The van der Waals surface area contributed by atoms with E-state index < -0.39 is 12.2 Å². The second-order valence-corrected chi connectivity index (χ2v) is 13.9. The highest BCUT2D eigenvalue weighted by Gasteiger charge is 2.59. The normalized spacial score (nSPS) is 38.7. The average molecular weight is 531 g/mol. The van der Waals surface area contributed by atoms with E-state index in [1.54, 1.807) is 12.7 Å². The number of rotatable bonds is 11. The van der Waals surface area contributed by atoms with E-state index in [1.807, 2.05) is 0 Å². The van der Waals surface area contributed by atoms with Crippen LogP contribution in [-0.2, 0) is 9.47 Å². The van der Waals surface area contributed by atoms with Gasteiger partial charge in [-0.2, -0.15) is 0 Å². The molecule has 0 spiro atoms. The number of fused-ring (bicyclic) bond motifs is 5. The van der Waals surface area contributed by atoms with E-state index in [2.05, 4.69) is 58.9 Å². The van der Waals surface area contributed by atoms with Crippen LogP contribution < -0.4 is 0 Å². The maximum atomic E-state index is 11.2. The minimum Gasteiger partial charge on any atom is -0.396 e. The molecule has 4 rings (SSSR count). The van der Waals surface area contributed by atoms with Gasteiger partial charge in [0.1, 0.15) is 6.79 Å². The molecule has 0 aromatic rings. The molecule has 0 aliphatic heterocycles. The van der Waals surface area contributed by atoms with Gasteiger partial charge in [0.2, 0.25) is 0 Å². The number of hydrogen-bond acceptors (Lipinski definition) is 5. The predicted molar refractivity (Wildman–Crippen MR) is 152 cm³/mol. The molecular weight excluding hydrogens is 476 g/mol. The van der Waals surface area contributed by atoms with Crippen LogP contribution in [0.3, 0.4) is 0 Å². The Morgan fingerprint density at radius 2 is 1.89 bits per heavy atom. The van der Waals surface area contributed by atoms with Crippen LogP contribution in [-0.4, -0.2) is 53.6 Å². The SMILES string of the molecule is COCOC(C)(C)CC/C=C/[C@@H](CCO)[C@H](C)[C@H]1CC[C@H]2C3=CC=C4C[C@@H](O)C[C@H](O)[C@]4(C)[C@H]3CC[C@]12C. The van der Waals surface area contributed by atoms with Gasteiger partial charge in [0, 0.05) is 25.6 Å². The van der Waals surface area contributed by atoms with Gasteiger partial charge in [-0.3, -0.25) is 0 Å². The Balaban J connectivity index is 1.48. The van der Waals surface area contributed by atoms with Gasteiger partial charge in [0.25, 0.3) is 0 Å². The minimum absolute atomic E-state index is 0.216. The molecule has 9 atom stereocenters. The first-order valence-electron chi connectivity index (χ1n) is 15.2. The molecule has 0 radical (unpaired) electrons. The molecule has 0 aromatic heterocycles. The molecule has 38 heavy (non-hydrogen) atoms. The Labute approximate surface area is 231 Å². The zero-order chi connectivity index (χ0) is 27.7. The third-order valence-corrected chi connectivity index (χ3v) is 11.4. The van der Waals surface area contributed by atoms with Gasteiger partial charge in [0.15, 0.2) is 0 Å². The number of aliphatic hydroxyl groups is 3. The molecule has 0 aromatic carbocycles. The molecule has 4 aliphatic rings. The maximum absolute atomic E-state index is 11.2. The molecule has 0 unspecified atom stereocenters. The topological polar surface area (TPSA) is 79.2 Å². The maximum Gasteiger partial charge on any atom is 0.147 e. The number of methoxy groups -OCH3 is 1. The highest BCUT2D eigenvalue weighted by atomic mass is 16.7. The van der Waals surface area contributed by atoms with Crippen molar-refractivity contribution < 1.29 is 24.8 Å². The Morgan fingerprint density at radius 3 is 2.61 bits per heavy atom. The fourth-order valence-corrected chi connectivity index (χ4v) is 8.93. The molecule has 216 valence electrons. The number of ether oxygens (including phenoxy) is 2. The fraction of sp³-hybridized carbons (Fsp3) is 0.818. The minimum atomic E-state index is -0.476. The van der Waals surface area contributed by atoms with E-state index >= 15 is 0 Å². The summed E-state index contributed by atoms with van der Waals surface area (Å²) in [7, 11) is 1.65. The molecule has 0 heterocycles. The number of allylic oxidation sites excluding steroid dienone is 5. The van der Waals surface area contributed by atoms with Gasteiger partial charge in [-0.05, 0) is 100 Å². The first-order valence-corrected chi connectivity index (χ1v) is 15.2. The van der Waals surface area contributed by atoms with E-state index in [1.165, 1.54) is 24.8 Å². The van der Waals surface area contributed by atoms with Crippen LogP contribution in [0.2, 0.25) is 0 Å². The molecule has 0 saturated heterocycles. The Hall–Kier alpha value is -0.980. The molecule has 5 heteroatoms. The van der Waals surface area contributed by atoms with Crippen molar-refractivity contribution in [2.24, 2.45) is 40.4 Å². The molecule has 5 nitrogen and oxygen atoms in total. The summed E-state index contributed by atoms with van der Waals surface area (Å²) in [6, 6.07) is 0. The second-order valence-electron chi connectivity index (χ2n) is 13.9. The zero-order valence-electron chi connectivity index (χ0n) is 24.8. The van der Waals surface area contributed by atoms with E-state index in [0.29, 0.717) is 49.2 Å². The largest absolute Gasteiger partial charge is 0.396 e. The highest BCUT2D eigenvalue weighted by molar-refractivity contribution is 5.40. The van der Waals surface area contributed by atoms with E-state index in [-0.39, 0.29) is 23.0 Å². The van der Waals surface area contributed by atoms with Crippen molar-refractivity contribution in [3.8, 4) is 0 Å². The third kappa shape index (κ3) is 5.61. The van der Waals surface area contributed by atoms with Crippen molar-refractivity contribution in [3.63, 3.8) is 0 Å². The molecule has 3 fully saturated rings. The highest BCUT2D eigenvalue weighted by Crippen LogP contribution is 2.66. The van der Waals surface area contributed by atoms with Crippen LogP contribution in [0.4, 0.5) is 0 Å². The Kier molecular flexibility index (Phi) is 9.36. The molecule has 0 amide bonds. The summed E-state index contributed by atoms with van der Waals surface area (Å²) in [5.41, 5.74) is 2.60. The summed E-state index contributed by atoms with van der Waals surface area (Å²) < 4.78 is 10.9. The molecule has 3 saturated carbocycles. The summed E-state index contributed by atoms with van der Waals surface area (Å²) in [6.07, 6.45) is 17.0. The third-order valence-electron chi connectivity index (χ3n) is 11.4. The lowest BCUT2D eigenvalue weighted by Crippen LogP contribution is -2.52. The van der Waals surface area contributed by atoms with Crippen molar-refractivity contribution in [1.82, 2.24) is 0 Å². The summed E-state index contributed by atoms with van der Waals surface area (Å²) in [4.78, 5) is 0. The summed E-state index contributed by atoms with van der Waals surface area (Å²) >= 11 is 0. The lowest BCUT2D eigenvalue weighted by atomic mass is 9.49. The van der Waals surface area contributed by atoms with Crippen LogP contribution >= 0.6 is 0 Å². The molecular formula is C33H54O5. The smallest absolute Gasteiger partial charge is 0.147 e. The van der Waals surface area contributed by atoms with Crippen LogP contribution in [0, 0.1) is 40.4 Å². The van der Waals surface area contributed by atoms with Crippen molar-refractivity contribution in [2.75, 3.05) is 20.5 Å². The van der Waals surface area contributed by atoms with Gasteiger partial charge < -0.3 is 24.8 Å². The first kappa shape index (κ1) is 30.0. The van der Waals surface area contributed by atoms with E-state index in [4.69, 9.17) is 9.47 Å². The quantitative estimate of drug-likeness (QED) is 0.219. The zero-order valence-corrected chi connectivity index (χ0v) is 24.8. The number of aliphatic hydroxyl groups excluding tert-OH is 3. The lowest BCUT2D eigenvalue weighted by molar-refractivity contribution is -0.116. The lowest BCUT2D eigenvalue weighted by Gasteiger charge is -2.56. The number of hydrogen-bond donors (Lipinski definition) is 3. The summed E-state index contributed by atoms with van der Waals surface area (Å²) in [5.74, 6) is 2.43. The molecule has 4 aliphatic carbocycles. The Bertz CT molecular complexity index is 905. The van der Waals surface area contributed by atoms with Gasteiger partial charge in [-0.1, -0.05) is 56.2 Å². The van der Waals surface area contributed by atoms with Crippen molar-refractivity contribution >= 4 is 0 Å². The van der Waals surface area contributed by atoms with Gasteiger partial charge in [-0.15, -0.1) is 0 Å². The van der Waals surface area contributed by atoms with Crippen LogP contribution in [0.1, 0.15) is 92.4 Å². The predicted octanol–water partition coefficient (Wildman–Crippen LogP) is 6.19. The van der Waals surface area contributed by atoms with Crippen LogP contribution in [0.15, 0.2) is 35.5 Å². The van der Waals surface area contributed by atoms with Crippen molar-refractivity contribution in [3.05, 3.63) is 35.5 Å². The Morgan fingerprint density at radius 1 is 1.13 bits per heavy atom. The van der Waals surface area contributed by atoms with Gasteiger partial charge in [0.05, 0.1) is 17.8 Å². The fourth-order valence-electron chi connectivity index (χ4n) is 8.93. The monoisotopic (exact) mass is 530 g/mol. The van der Waals surface area contributed by atoms with E-state index in [9.17, 15) is 15.3 Å². The average Bonchev–Trinajstić information content (AvgIpc) is 3.22. The van der Waals surface area contributed by atoms with Crippen molar-refractivity contribution in [1.29, 1.82) is 0 Å². The van der Waals surface area contributed by atoms with Crippen LogP contribution in [0.25, 0.3) is 0 Å². The van der Waals surface area contributed by atoms with Gasteiger partial charge in [-0.25, -0.2) is 0 Å².